The van der Waals surface area contributed by atoms with Crippen LogP contribution in [0.5, 0.6) is 0 Å². The minimum Gasteiger partial charge on any atom is -0.344 e. The van der Waals surface area contributed by atoms with E-state index < -0.39 is 5.41 Å². The minimum absolute atomic E-state index is 0.0268. The second kappa shape index (κ2) is 5.46. The van der Waals surface area contributed by atoms with Crippen LogP contribution in [0.4, 0.5) is 15.9 Å². The summed E-state index contributed by atoms with van der Waals surface area (Å²) < 4.78 is 13.7. The molecular weight excluding hydrogens is 295 g/mol. The van der Waals surface area contributed by atoms with Crippen LogP contribution in [0.25, 0.3) is 11.2 Å². The maximum atomic E-state index is 13.7. The van der Waals surface area contributed by atoms with Gasteiger partial charge in [0.05, 0.1) is 17.4 Å². The number of hydrogen-bond donors (Lipinski definition) is 2. The number of fused-ring (bicyclic) bond motifs is 1. The fraction of sp³-hybridized carbons (Fsp3) is 0.235. The number of anilines is 2. The molecule has 0 amide bonds. The van der Waals surface area contributed by atoms with Crippen molar-refractivity contribution in [2.45, 2.75) is 20.8 Å². The standard InChI is InChI=1S/C17H17FN4O/c1-17(2,3)15(23)10-8-19-16-14(10)22-13(9-20-16)21-12-7-5-4-6-11(12)18/h4-9H,1-3H3,(H,19,20)(H,21,22). The molecule has 23 heavy (non-hydrogen) atoms. The van der Waals surface area contributed by atoms with Crippen molar-refractivity contribution in [3.05, 3.63) is 48.0 Å². The zero-order chi connectivity index (χ0) is 16.6. The van der Waals surface area contributed by atoms with Crippen LogP contribution in [0, 0.1) is 11.2 Å². The van der Waals surface area contributed by atoms with Crippen LogP contribution >= 0.6 is 0 Å². The molecule has 2 heterocycles. The lowest BCUT2D eigenvalue weighted by Gasteiger charge is -2.15. The molecule has 0 bridgehead atoms. The quantitative estimate of drug-likeness (QED) is 0.715. The highest BCUT2D eigenvalue weighted by Crippen LogP contribution is 2.26. The SMILES string of the molecule is CC(C)(C)C(=O)c1c[nH]c2ncc(Nc3ccccc3F)nc12. The van der Waals surface area contributed by atoms with Crippen molar-refractivity contribution in [2.75, 3.05) is 5.32 Å². The number of ketones is 1. The predicted octanol–water partition coefficient (Wildman–Crippen LogP) is 4.07. The number of aromatic nitrogens is 3. The molecule has 2 aromatic heterocycles. The molecule has 0 spiro atoms. The molecule has 0 radical (unpaired) electrons. The van der Waals surface area contributed by atoms with E-state index in [1.807, 2.05) is 20.8 Å². The molecular formula is C17H17FN4O. The lowest BCUT2D eigenvalue weighted by atomic mass is 9.87. The number of aromatic amines is 1. The van der Waals surface area contributed by atoms with E-state index in [9.17, 15) is 9.18 Å². The van der Waals surface area contributed by atoms with Crippen LogP contribution in [-0.2, 0) is 0 Å². The summed E-state index contributed by atoms with van der Waals surface area (Å²) in [7, 11) is 0. The third-order valence-corrected chi connectivity index (χ3v) is 3.44. The Balaban J connectivity index is 2.01. The number of carbonyl (C=O) groups excluding carboxylic acids is 1. The van der Waals surface area contributed by atoms with Gasteiger partial charge in [0.1, 0.15) is 17.2 Å². The van der Waals surface area contributed by atoms with Crippen LogP contribution in [0.1, 0.15) is 31.1 Å². The lowest BCUT2D eigenvalue weighted by Crippen LogP contribution is -2.20. The van der Waals surface area contributed by atoms with Crippen molar-refractivity contribution in [2.24, 2.45) is 5.41 Å². The Hall–Kier alpha value is -2.76. The van der Waals surface area contributed by atoms with Gasteiger partial charge in [0.25, 0.3) is 0 Å². The van der Waals surface area contributed by atoms with Gasteiger partial charge in [-0.15, -0.1) is 0 Å². The molecule has 118 valence electrons. The zero-order valence-electron chi connectivity index (χ0n) is 13.1. The summed E-state index contributed by atoms with van der Waals surface area (Å²) in [4.78, 5) is 24.1. The predicted molar refractivity (Wildman–Crippen MR) is 87.4 cm³/mol. The Kier molecular flexibility index (Phi) is 3.60. The van der Waals surface area contributed by atoms with Crippen molar-refractivity contribution in [3.8, 4) is 0 Å². The second-order valence-electron chi connectivity index (χ2n) is 6.34. The number of benzene rings is 1. The molecule has 0 unspecified atom stereocenters. The molecule has 0 aliphatic heterocycles. The Labute approximate surface area is 133 Å². The van der Waals surface area contributed by atoms with Crippen molar-refractivity contribution < 1.29 is 9.18 Å². The van der Waals surface area contributed by atoms with Gasteiger partial charge in [-0.25, -0.2) is 14.4 Å². The first kappa shape index (κ1) is 15.1. The summed E-state index contributed by atoms with van der Waals surface area (Å²) >= 11 is 0. The van der Waals surface area contributed by atoms with Gasteiger partial charge >= 0.3 is 0 Å². The number of rotatable bonds is 3. The molecule has 6 heteroatoms. The van der Waals surface area contributed by atoms with E-state index >= 15 is 0 Å². The van der Waals surface area contributed by atoms with E-state index in [0.717, 1.165) is 0 Å². The molecule has 0 fully saturated rings. The average molecular weight is 312 g/mol. The Morgan fingerprint density at radius 2 is 2.00 bits per heavy atom. The molecule has 2 N–H and O–H groups in total. The van der Waals surface area contributed by atoms with E-state index in [1.54, 1.807) is 24.4 Å². The number of para-hydroxylation sites is 1. The van der Waals surface area contributed by atoms with E-state index in [2.05, 4.69) is 20.3 Å². The number of nitrogens with one attached hydrogen (secondary N) is 2. The van der Waals surface area contributed by atoms with E-state index in [0.29, 0.717) is 28.2 Å². The fourth-order valence-electron chi connectivity index (χ4n) is 2.23. The monoisotopic (exact) mass is 312 g/mol. The first-order valence-electron chi connectivity index (χ1n) is 7.27. The second-order valence-corrected chi connectivity index (χ2v) is 6.34. The highest BCUT2D eigenvalue weighted by Gasteiger charge is 2.26. The molecule has 0 aliphatic rings. The zero-order valence-corrected chi connectivity index (χ0v) is 13.1. The molecule has 0 saturated heterocycles. The minimum atomic E-state index is -0.522. The lowest BCUT2D eigenvalue weighted by molar-refractivity contribution is 0.0860. The summed E-state index contributed by atoms with van der Waals surface area (Å²) in [5.74, 6) is -0.0271. The summed E-state index contributed by atoms with van der Waals surface area (Å²) in [6.45, 7) is 5.55. The highest BCUT2D eigenvalue weighted by atomic mass is 19.1. The first-order chi connectivity index (χ1) is 10.9. The van der Waals surface area contributed by atoms with Crippen molar-refractivity contribution >= 4 is 28.5 Å². The highest BCUT2D eigenvalue weighted by molar-refractivity contribution is 6.08. The number of H-pyrrole nitrogens is 1. The number of nitrogens with zero attached hydrogens (tertiary/aromatic N) is 2. The number of hydrogen-bond acceptors (Lipinski definition) is 4. The Morgan fingerprint density at radius 3 is 2.70 bits per heavy atom. The third kappa shape index (κ3) is 2.92. The summed E-state index contributed by atoms with van der Waals surface area (Å²) in [5.41, 5.74) is 1.27. The first-order valence-corrected chi connectivity index (χ1v) is 7.27. The normalized spacial score (nSPS) is 11.7. The molecule has 3 aromatic rings. The topological polar surface area (TPSA) is 70.7 Å². The summed E-state index contributed by atoms with van der Waals surface area (Å²) in [6.07, 6.45) is 3.11. The van der Waals surface area contributed by atoms with Crippen molar-refractivity contribution in [1.29, 1.82) is 0 Å². The van der Waals surface area contributed by atoms with Gasteiger partial charge in [-0.1, -0.05) is 32.9 Å². The smallest absolute Gasteiger partial charge is 0.171 e. The number of Topliss-reactive ketones (excluding diaryl/α,β-unsaturated/α-hetero) is 1. The van der Waals surface area contributed by atoms with E-state index in [4.69, 9.17) is 0 Å². The Morgan fingerprint density at radius 1 is 1.26 bits per heavy atom. The van der Waals surface area contributed by atoms with Crippen LogP contribution in [-0.4, -0.2) is 20.7 Å². The van der Waals surface area contributed by atoms with Gasteiger partial charge in [0.15, 0.2) is 11.4 Å². The van der Waals surface area contributed by atoms with Gasteiger partial charge in [-0.3, -0.25) is 4.79 Å². The van der Waals surface area contributed by atoms with Crippen LogP contribution < -0.4 is 5.32 Å². The maximum absolute atomic E-state index is 13.7. The number of carbonyl (C=O) groups is 1. The molecule has 1 aromatic carbocycles. The van der Waals surface area contributed by atoms with Crippen LogP contribution in [0.3, 0.4) is 0 Å². The molecule has 0 aliphatic carbocycles. The van der Waals surface area contributed by atoms with Crippen molar-refractivity contribution in [3.63, 3.8) is 0 Å². The maximum Gasteiger partial charge on any atom is 0.171 e. The molecule has 0 saturated carbocycles. The van der Waals surface area contributed by atoms with Crippen LogP contribution in [0.15, 0.2) is 36.7 Å². The summed E-state index contributed by atoms with van der Waals surface area (Å²) in [6, 6.07) is 6.31. The van der Waals surface area contributed by atoms with Gasteiger partial charge in [-0.05, 0) is 12.1 Å². The molecule has 0 atom stereocenters. The van der Waals surface area contributed by atoms with Gasteiger partial charge in [-0.2, -0.15) is 0 Å². The van der Waals surface area contributed by atoms with Crippen molar-refractivity contribution in [1.82, 2.24) is 15.0 Å². The molecule has 5 nitrogen and oxygen atoms in total. The number of halogens is 1. The Bertz CT molecular complexity index is 880. The van der Waals surface area contributed by atoms with Gasteiger partial charge in [0, 0.05) is 11.6 Å². The average Bonchev–Trinajstić information content (AvgIpc) is 2.91. The summed E-state index contributed by atoms with van der Waals surface area (Å²) in [5, 5.41) is 2.89. The molecule has 3 rings (SSSR count). The van der Waals surface area contributed by atoms with Gasteiger partial charge < -0.3 is 10.3 Å². The third-order valence-electron chi connectivity index (χ3n) is 3.44. The fourth-order valence-corrected chi connectivity index (χ4v) is 2.23. The van der Waals surface area contributed by atoms with Crippen LogP contribution in [0.2, 0.25) is 0 Å². The van der Waals surface area contributed by atoms with Gasteiger partial charge in [0.2, 0.25) is 0 Å². The van der Waals surface area contributed by atoms with E-state index in [-0.39, 0.29) is 11.6 Å². The largest absolute Gasteiger partial charge is 0.344 e. The van der Waals surface area contributed by atoms with E-state index in [1.165, 1.54) is 12.3 Å².